The minimum atomic E-state index is -0.212. The third kappa shape index (κ3) is 4.21. The van der Waals surface area contributed by atoms with Crippen molar-refractivity contribution in [3.8, 4) is 5.75 Å². The molecule has 1 aliphatic rings. The fraction of sp³-hybridized carbons (Fsp3) is 0.588. The highest BCUT2D eigenvalue weighted by molar-refractivity contribution is 5.74. The fourth-order valence-electron chi connectivity index (χ4n) is 3.51. The van der Waals surface area contributed by atoms with Crippen molar-refractivity contribution in [2.75, 3.05) is 6.61 Å². The molecule has 116 valence electrons. The molecule has 4 nitrogen and oxygen atoms in total. The summed E-state index contributed by atoms with van der Waals surface area (Å²) in [5.74, 6) is 0.650. The van der Waals surface area contributed by atoms with E-state index in [2.05, 4.69) is 0 Å². The van der Waals surface area contributed by atoms with Crippen LogP contribution in [0.25, 0.3) is 0 Å². The van der Waals surface area contributed by atoms with Gasteiger partial charge in [0.25, 0.3) is 0 Å². The molecule has 1 saturated carbocycles. The van der Waals surface area contributed by atoms with Crippen LogP contribution < -0.4 is 16.2 Å². The van der Waals surface area contributed by atoms with Gasteiger partial charge in [0, 0.05) is 12.5 Å². The molecule has 0 aromatic heterocycles. The zero-order valence-corrected chi connectivity index (χ0v) is 12.8. The summed E-state index contributed by atoms with van der Waals surface area (Å²) in [6, 6.07) is 7.88. The maximum absolute atomic E-state index is 11.4. The van der Waals surface area contributed by atoms with Crippen LogP contribution in [0.4, 0.5) is 0 Å². The van der Waals surface area contributed by atoms with E-state index in [1.54, 1.807) is 0 Å². The molecule has 1 aromatic rings. The number of carbonyl (C=O) groups is 1. The van der Waals surface area contributed by atoms with Gasteiger partial charge in [-0.25, -0.2) is 0 Å². The van der Waals surface area contributed by atoms with Crippen LogP contribution in [0.2, 0.25) is 0 Å². The number of hydrogen-bond acceptors (Lipinski definition) is 3. The van der Waals surface area contributed by atoms with Gasteiger partial charge in [-0.2, -0.15) is 0 Å². The first-order valence-electron chi connectivity index (χ1n) is 7.81. The number of nitrogens with two attached hydrogens (primary N) is 2. The van der Waals surface area contributed by atoms with Crippen LogP contribution in [0, 0.1) is 5.41 Å². The molecule has 1 fully saturated rings. The van der Waals surface area contributed by atoms with E-state index in [0.29, 0.717) is 13.0 Å². The second kappa shape index (κ2) is 6.94. The second-order valence-corrected chi connectivity index (χ2v) is 6.16. The highest BCUT2D eigenvalue weighted by Crippen LogP contribution is 2.46. The van der Waals surface area contributed by atoms with Crippen LogP contribution in [0.15, 0.2) is 24.3 Å². The molecule has 4 heteroatoms. The van der Waals surface area contributed by atoms with Gasteiger partial charge in [0.2, 0.25) is 5.91 Å². The van der Waals surface area contributed by atoms with E-state index in [1.165, 1.54) is 12.8 Å². The zero-order valence-electron chi connectivity index (χ0n) is 12.8. The van der Waals surface area contributed by atoms with Crippen molar-refractivity contribution in [1.29, 1.82) is 0 Å². The molecule has 1 amide bonds. The first-order valence-corrected chi connectivity index (χ1v) is 7.81. The topological polar surface area (TPSA) is 78.3 Å². The van der Waals surface area contributed by atoms with E-state index in [9.17, 15) is 4.79 Å². The van der Waals surface area contributed by atoms with Crippen molar-refractivity contribution in [1.82, 2.24) is 0 Å². The molecule has 1 aromatic carbocycles. The summed E-state index contributed by atoms with van der Waals surface area (Å²) in [4.78, 5) is 11.4. The normalized spacial score (nSPS) is 18.4. The van der Waals surface area contributed by atoms with Crippen LogP contribution in [0.3, 0.4) is 0 Å². The Morgan fingerprint density at radius 2 is 1.90 bits per heavy atom. The zero-order chi connectivity index (χ0) is 15.3. The molecule has 21 heavy (non-hydrogen) atoms. The predicted octanol–water partition coefficient (Wildman–Crippen LogP) is 2.91. The molecule has 1 aliphatic carbocycles. The predicted molar refractivity (Wildman–Crippen MR) is 83.9 cm³/mol. The highest BCUT2D eigenvalue weighted by atomic mass is 16.5. The van der Waals surface area contributed by atoms with Gasteiger partial charge in [0.05, 0.1) is 6.61 Å². The highest BCUT2D eigenvalue weighted by Gasteiger charge is 2.36. The minimum Gasteiger partial charge on any atom is -0.494 e. The molecule has 0 radical (unpaired) electrons. The lowest BCUT2D eigenvalue weighted by molar-refractivity contribution is -0.120. The number of amides is 1. The Hall–Kier alpha value is -1.55. The van der Waals surface area contributed by atoms with Crippen LogP contribution in [0.1, 0.15) is 57.1 Å². The number of benzene rings is 1. The van der Waals surface area contributed by atoms with Crippen molar-refractivity contribution in [3.63, 3.8) is 0 Å². The summed E-state index contributed by atoms with van der Waals surface area (Å²) in [5.41, 5.74) is 12.9. The number of rotatable bonds is 7. The van der Waals surface area contributed by atoms with E-state index in [1.807, 2.05) is 31.2 Å². The molecule has 2 rings (SSSR count). The first-order chi connectivity index (χ1) is 10.0. The van der Waals surface area contributed by atoms with Gasteiger partial charge in [-0.15, -0.1) is 0 Å². The summed E-state index contributed by atoms with van der Waals surface area (Å²) in [6.45, 7) is 2.63. The summed E-state index contributed by atoms with van der Waals surface area (Å²) in [6.07, 6.45) is 5.73. The van der Waals surface area contributed by atoms with Gasteiger partial charge >= 0.3 is 0 Å². The Morgan fingerprint density at radius 3 is 2.43 bits per heavy atom. The van der Waals surface area contributed by atoms with E-state index in [4.69, 9.17) is 16.2 Å². The molecule has 4 N–H and O–H groups in total. The van der Waals surface area contributed by atoms with Gasteiger partial charge in [0.1, 0.15) is 5.75 Å². The van der Waals surface area contributed by atoms with Gasteiger partial charge in [-0.1, -0.05) is 25.0 Å². The van der Waals surface area contributed by atoms with Gasteiger partial charge < -0.3 is 16.2 Å². The van der Waals surface area contributed by atoms with Crippen molar-refractivity contribution in [2.45, 2.75) is 51.5 Å². The molecule has 0 bridgehead atoms. The molecule has 0 saturated heterocycles. The molecule has 0 aliphatic heterocycles. The summed E-state index contributed by atoms with van der Waals surface area (Å²) in [7, 11) is 0. The lowest BCUT2D eigenvalue weighted by Gasteiger charge is -2.31. The molecule has 1 unspecified atom stereocenters. The molecular formula is C17H26N2O2. The van der Waals surface area contributed by atoms with E-state index >= 15 is 0 Å². The maximum Gasteiger partial charge on any atom is 0.217 e. The van der Waals surface area contributed by atoms with Crippen molar-refractivity contribution in [2.24, 2.45) is 16.9 Å². The standard InChI is InChI=1S/C17H26N2O2/c1-2-21-14-7-5-13(6-8-14)15(18)11-17(12-16(19)20)9-3-4-10-17/h5-8,15H,2-4,9-12,18H2,1H3,(H2,19,20). The quantitative estimate of drug-likeness (QED) is 0.810. The fourth-order valence-corrected chi connectivity index (χ4v) is 3.51. The number of carbonyl (C=O) groups excluding carboxylic acids is 1. The lowest BCUT2D eigenvalue weighted by atomic mass is 9.76. The van der Waals surface area contributed by atoms with Crippen molar-refractivity contribution < 1.29 is 9.53 Å². The molecule has 1 atom stereocenters. The largest absolute Gasteiger partial charge is 0.494 e. The van der Waals surface area contributed by atoms with Crippen molar-refractivity contribution >= 4 is 5.91 Å². The van der Waals surface area contributed by atoms with E-state index < -0.39 is 0 Å². The van der Waals surface area contributed by atoms with E-state index in [-0.39, 0.29) is 17.4 Å². The lowest BCUT2D eigenvalue weighted by Crippen LogP contribution is -2.29. The monoisotopic (exact) mass is 290 g/mol. The Labute approximate surface area is 126 Å². The summed E-state index contributed by atoms with van der Waals surface area (Å²) >= 11 is 0. The second-order valence-electron chi connectivity index (χ2n) is 6.16. The molecular weight excluding hydrogens is 264 g/mol. The van der Waals surface area contributed by atoms with Gasteiger partial charge in [-0.05, 0) is 49.3 Å². The smallest absolute Gasteiger partial charge is 0.217 e. The Morgan fingerprint density at radius 1 is 1.29 bits per heavy atom. The van der Waals surface area contributed by atoms with Crippen LogP contribution >= 0.6 is 0 Å². The van der Waals surface area contributed by atoms with Crippen LogP contribution in [-0.4, -0.2) is 12.5 Å². The third-order valence-corrected chi connectivity index (χ3v) is 4.49. The molecule has 0 spiro atoms. The Kier molecular flexibility index (Phi) is 5.23. The first kappa shape index (κ1) is 15.8. The third-order valence-electron chi connectivity index (χ3n) is 4.49. The number of primary amides is 1. The van der Waals surface area contributed by atoms with Crippen LogP contribution in [-0.2, 0) is 4.79 Å². The summed E-state index contributed by atoms with van der Waals surface area (Å²) < 4.78 is 5.44. The molecule has 0 heterocycles. The van der Waals surface area contributed by atoms with Gasteiger partial charge in [-0.3, -0.25) is 4.79 Å². The van der Waals surface area contributed by atoms with Gasteiger partial charge in [0.15, 0.2) is 0 Å². The van der Waals surface area contributed by atoms with E-state index in [0.717, 1.165) is 30.6 Å². The Bertz CT molecular complexity index is 464. The maximum atomic E-state index is 11.4. The van der Waals surface area contributed by atoms with Crippen molar-refractivity contribution in [3.05, 3.63) is 29.8 Å². The minimum absolute atomic E-state index is 0.00381. The average Bonchev–Trinajstić information content (AvgIpc) is 2.87. The number of hydrogen-bond donors (Lipinski definition) is 2. The Balaban J connectivity index is 2.04. The summed E-state index contributed by atoms with van der Waals surface area (Å²) in [5, 5.41) is 0. The number of ether oxygens (including phenoxy) is 1. The average molecular weight is 290 g/mol. The SMILES string of the molecule is CCOc1ccc(C(N)CC2(CC(N)=O)CCCC2)cc1. The van der Waals surface area contributed by atoms with Crippen LogP contribution in [0.5, 0.6) is 5.75 Å².